The summed E-state index contributed by atoms with van der Waals surface area (Å²) in [5, 5.41) is 23.1. The smallest absolute Gasteiger partial charge is 0.269 e. The predicted octanol–water partition coefficient (Wildman–Crippen LogP) is 2.55. The van der Waals surface area contributed by atoms with Gasteiger partial charge in [0, 0.05) is 12.1 Å². The van der Waals surface area contributed by atoms with Crippen molar-refractivity contribution in [3.8, 4) is 0 Å². The lowest BCUT2D eigenvalue weighted by atomic mass is 9.98. The number of nitrogens with one attached hydrogen (secondary N) is 1. The fourth-order valence-electron chi connectivity index (χ4n) is 2.28. The highest BCUT2D eigenvalue weighted by Gasteiger charge is 2.21. The van der Waals surface area contributed by atoms with Crippen molar-refractivity contribution in [3.05, 3.63) is 75.8 Å². The number of hydrogen-bond donors (Lipinski definition) is 2. The molecule has 0 fully saturated rings. The van der Waals surface area contributed by atoms with Crippen molar-refractivity contribution in [3.63, 3.8) is 0 Å². The fraction of sp³-hybridized carbons (Fsp3) is 0.235. The molecule has 2 N–H and O–H groups in total. The Morgan fingerprint density at radius 2 is 1.83 bits per heavy atom. The van der Waals surface area contributed by atoms with E-state index in [0.29, 0.717) is 5.56 Å². The number of rotatable bonds is 6. The zero-order valence-electron chi connectivity index (χ0n) is 12.7. The van der Waals surface area contributed by atoms with Crippen LogP contribution in [0.1, 0.15) is 30.0 Å². The van der Waals surface area contributed by atoms with Crippen molar-refractivity contribution in [2.24, 2.45) is 0 Å². The number of benzene rings is 2. The van der Waals surface area contributed by atoms with Gasteiger partial charge < -0.3 is 10.4 Å². The minimum atomic E-state index is -0.562. The molecule has 0 radical (unpaired) electrons. The van der Waals surface area contributed by atoms with Crippen LogP contribution >= 0.6 is 0 Å². The molecule has 2 aromatic carbocycles. The number of non-ortho nitro benzene ring substituents is 1. The van der Waals surface area contributed by atoms with Crippen molar-refractivity contribution in [2.45, 2.75) is 18.9 Å². The van der Waals surface area contributed by atoms with Crippen molar-refractivity contribution >= 4 is 11.6 Å². The van der Waals surface area contributed by atoms with E-state index in [2.05, 4.69) is 5.32 Å². The number of aliphatic hydroxyl groups is 1. The number of nitrogens with zero attached hydrogens (tertiary/aromatic N) is 1. The predicted molar refractivity (Wildman–Crippen MR) is 85.9 cm³/mol. The number of hydrogen-bond acceptors (Lipinski definition) is 4. The summed E-state index contributed by atoms with van der Waals surface area (Å²) < 4.78 is 0. The first-order chi connectivity index (χ1) is 11.0. The Hall–Kier alpha value is -2.73. The quantitative estimate of drug-likeness (QED) is 0.633. The monoisotopic (exact) mass is 314 g/mol. The van der Waals surface area contributed by atoms with E-state index in [0.717, 1.165) is 5.56 Å². The lowest BCUT2D eigenvalue weighted by Gasteiger charge is -2.20. The summed E-state index contributed by atoms with van der Waals surface area (Å²) in [5.74, 6) is -0.860. The Kier molecular flexibility index (Phi) is 5.43. The molecule has 6 heteroatoms. The molecule has 2 rings (SSSR count). The average Bonchev–Trinajstić information content (AvgIpc) is 2.59. The summed E-state index contributed by atoms with van der Waals surface area (Å²) in [7, 11) is 0. The minimum absolute atomic E-state index is 0.0519. The van der Waals surface area contributed by atoms with E-state index in [4.69, 9.17) is 0 Å². The standard InChI is InChI=1S/C17H18N2O4/c1-12(14-8-5-9-15(10-14)19(22)23)17(21)18-16(11-20)13-6-3-2-4-7-13/h2-10,12,16,20H,11H2,1H3,(H,18,21). The summed E-state index contributed by atoms with van der Waals surface area (Å²) >= 11 is 0. The zero-order chi connectivity index (χ0) is 16.8. The zero-order valence-corrected chi connectivity index (χ0v) is 12.7. The SMILES string of the molecule is CC(C(=O)NC(CO)c1ccccc1)c1cccc([N+](=O)[O-])c1. The first-order valence-electron chi connectivity index (χ1n) is 7.23. The van der Waals surface area contributed by atoms with Crippen molar-refractivity contribution in [1.29, 1.82) is 0 Å². The Balaban J connectivity index is 2.13. The third-order valence-electron chi connectivity index (χ3n) is 3.68. The number of carbonyl (C=O) groups is 1. The number of nitro benzene ring substituents is 1. The highest BCUT2D eigenvalue weighted by atomic mass is 16.6. The van der Waals surface area contributed by atoms with E-state index in [1.165, 1.54) is 12.1 Å². The molecule has 1 amide bonds. The van der Waals surface area contributed by atoms with Gasteiger partial charge in [-0.25, -0.2) is 0 Å². The van der Waals surface area contributed by atoms with Crippen LogP contribution in [0.2, 0.25) is 0 Å². The molecular formula is C17H18N2O4. The van der Waals surface area contributed by atoms with Crippen LogP contribution in [-0.2, 0) is 4.79 Å². The molecule has 2 atom stereocenters. The third-order valence-corrected chi connectivity index (χ3v) is 3.68. The summed E-state index contributed by atoms with van der Waals surface area (Å²) in [6, 6.07) is 14.6. The fourth-order valence-corrected chi connectivity index (χ4v) is 2.28. The second-order valence-corrected chi connectivity index (χ2v) is 5.23. The van der Waals surface area contributed by atoms with Gasteiger partial charge in [-0.05, 0) is 18.1 Å². The molecule has 2 aromatic rings. The van der Waals surface area contributed by atoms with Gasteiger partial charge in [0.05, 0.1) is 23.5 Å². The van der Waals surface area contributed by atoms with Crippen LogP contribution in [0.15, 0.2) is 54.6 Å². The maximum Gasteiger partial charge on any atom is 0.269 e. The van der Waals surface area contributed by atoms with E-state index < -0.39 is 16.9 Å². The second kappa shape index (κ2) is 7.51. The molecule has 0 aliphatic heterocycles. The summed E-state index contributed by atoms with van der Waals surface area (Å²) in [4.78, 5) is 22.7. The van der Waals surface area contributed by atoms with Crippen LogP contribution in [0.5, 0.6) is 0 Å². The minimum Gasteiger partial charge on any atom is -0.394 e. The molecule has 0 aliphatic carbocycles. The highest BCUT2D eigenvalue weighted by molar-refractivity contribution is 5.83. The van der Waals surface area contributed by atoms with Crippen LogP contribution in [0, 0.1) is 10.1 Å². The number of amides is 1. The normalized spacial score (nSPS) is 13.1. The van der Waals surface area contributed by atoms with E-state index in [1.54, 1.807) is 19.1 Å². The maximum absolute atomic E-state index is 12.4. The number of carbonyl (C=O) groups excluding carboxylic acids is 1. The molecule has 0 aliphatic rings. The molecular weight excluding hydrogens is 296 g/mol. The van der Waals surface area contributed by atoms with Gasteiger partial charge in [0.25, 0.3) is 5.69 Å². The first kappa shape index (κ1) is 16.6. The van der Waals surface area contributed by atoms with Crippen molar-refractivity contribution in [2.75, 3.05) is 6.61 Å². The van der Waals surface area contributed by atoms with Gasteiger partial charge in [0.1, 0.15) is 0 Å². The molecule has 0 saturated carbocycles. The number of aliphatic hydroxyl groups excluding tert-OH is 1. The van der Waals surface area contributed by atoms with Crippen LogP contribution in [0.25, 0.3) is 0 Å². The summed E-state index contributed by atoms with van der Waals surface area (Å²) in [6.45, 7) is 1.45. The van der Waals surface area contributed by atoms with Gasteiger partial charge in [-0.15, -0.1) is 0 Å². The molecule has 0 saturated heterocycles. The van der Waals surface area contributed by atoms with E-state index >= 15 is 0 Å². The molecule has 23 heavy (non-hydrogen) atoms. The lowest BCUT2D eigenvalue weighted by Crippen LogP contribution is -2.33. The van der Waals surface area contributed by atoms with Crippen molar-refractivity contribution in [1.82, 2.24) is 5.32 Å². The van der Waals surface area contributed by atoms with Gasteiger partial charge in [-0.2, -0.15) is 0 Å². The first-order valence-corrected chi connectivity index (χ1v) is 7.23. The van der Waals surface area contributed by atoms with Crippen LogP contribution < -0.4 is 5.32 Å². The third kappa shape index (κ3) is 4.14. The van der Waals surface area contributed by atoms with Gasteiger partial charge in [0.15, 0.2) is 0 Å². The summed E-state index contributed by atoms with van der Waals surface area (Å²) in [5.41, 5.74) is 1.31. The van der Waals surface area contributed by atoms with E-state index in [-0.39, 0.29) is 18.2 Å². The largest absolute Gasteiger partial charge is 0.394 e. The average molecular weight is 314 g/mol. The second-order valence-electron chi connectivity index (χ2n) is 5.23. The molecule has 6 nitrogen and oxygen atoms in total. The topological polar surface area (TPSA) is 92.5 Å². The Labute approximate surface area is 133 Å². The van der Waals surface area contributed by atoms with Crippen LogP contribution in [0.3, 0.4) is 0 Å². The van der Waals surface area contributed by atoms with Crippen LogP contribution in [0.4, 0.5) is 5.69 Å². The van der Waals surface area contributed by atoms with E-state index in [9.17, 15) is 20.0 Å². The Bertz CT molecular complexity index is 688. The molecule has 0 aromatic heterocycles. The molecule has 0 spiro atoms. The number of nitro groups is 1. The molecule has 0 bridgehead atoms. The maximum atomic E-state index is 12.4. The van der Waals surface area contributed by atoms with Gasteiger partial charge in [-0.1, -0.05) is 42.5 Å². The lowest BCUT2D eigenvalue weighted by molar-refractivity contribution is -0.384. The highest BCUT2D eigenvalue weighted by Crippen LogP contribution is 2.22. The van der Waals surface area contributed by atoms with E-state index in [1.807, 2.05) is 30.3 Å². The molecule has 120 valence electrons. The van der Waals surface area contributed by atoms with Crippen LogP contribution in [-0.4, -0.2) is 22.5 Å². The van der Waals surface area contributed by atoms with Gasteiger partial charge in [0.2, 0.25) is 5.91 Å². The van der Waals surface area contributed by atoms with Gasteiger partial charge >= 0.3 is 0 Å². The summed E-state index contributed by atoms with van der Waals surface area (Å²) in [6.07, 6.45) is 0. The molecule has 2 unspecified atom stereocenters. The molecule has 0 heterocycles. The Morgan fingerprint density at radius 1 is 1.17 bits per heavy atom. The van der Waals surface area contributed by atoms with Crippen molar-refractivity contribution < 1.29 is 14.8 Å². The Morgan fingerprint density at radius 3 is 2.43 bits per heavy atom. The van der Waals surface area contributed by atoms with Gasteiger partial charge in [-0.3, -0.25) is 14.9 Å².